The van der Waals surface area contributed by atoms with Crippen molar-refractivity contribution in [2.45, 2.75) is 17.9 Å². The first-order chi connectivity index (χ1) is 13.4. The minimum absolute atomic E-state index is 0.0914. The summed E-state index contributed by atoms with van der Waals surface area (Å²) < 4.78 is 33.1. The second-order valence-electron chi connectivity index (χ2n) is 5.98. The molecule has 152 valence electrons. The van der Waals surface area contributed by atoms with Gasteiger partial charge < -0.3 is 20.1 Å². The zero-order chi connectivity index (χ0) is 20.6. The summed E-state index contributed by atoms with van der Waals surface area (Å²) in [7, 11) is 1.23. The molecule has 0 radical (unpaired) electrons. The second-order valence-corrected chi connectivity index (χ2v) is 7.54. The van der Waals surface area contributed by atoms with Crippen LogP contribution in [0.25, 0.3) is 0 Å². The molecule has 0 atom stereocenters. The van der Waals surface area contributed by atoms with E-state index >= 15 is 0 Å². The Morgan fingerprint density at radius 1 is 1.00 bits per heavy atom. The third-order valence-corrected chi connectivity index (χ3v) is 5.02. The Kier molecular flexibility index (Phi) is 7.65. The second kappa shape index (κ2) is 9.95. The number of nitrogens with zero attached hydrogens (tertiary/aromatic N) is 1. The molecule has 28 heavy (non-hydrogen) atoms. The summed E-state index contributed by atoms with van der Waals surface area (Å²) in [5, 5.41) is 11.5. The number of nitrogens with two attached hydrogens (primary N) is 1. The zero-order valence-corrected chi connectivity index (χ0v) is 17.0. The van der Waals surface area contributed by atoms with E-state index in [0.29, 0.717) is 30.5 Å². The van der Waals surface area contributed by atoms with Crippen LogP contribution in [0.3, 0.4) is 0 Å². The van der Waals surface area contributed by atoms with Crippen LogP contribution in [0, 0.1) is 0 Å². The van der Waals surface area contributed by atoms with Gasteiger partial charge in [-0.1, -0.05) is 18.2 Å². The molecule has 2 aromatic carbocycles. The van der Waals surface area contributed by atoms with Crippen molar-refractivity contribution in [3.05, 3.63) is 53.6 Å². The summed E-state index contributed by atoms with van der Waals surface area (Å²) in [6.45, 7) is 1.18. The molecule has 0 amide bonds. The number of ether oxygens (including phenoxy) is 2. The van der Waals surface area contributed by atoms with Gasteiger partial charge in [0.2, 0.25) is 10.0 Å². The molecule has 0 aromatic heterocycles. The number of benzene rings is 2. The lowest BCUT2D eigenvalue weighted by Gasteiger charge is -2.13. The van der Waals surface area contributed by atoms with Crippen molar-refractivity contribution in [3.8, 4) is 11.5 Å². The number of sulfonamides is 1. The monoisotopic (exact) mass is 406 g/mol. The molecule has 0 saturated carbocycles. The predicted molar refractivity (Wildman–Crippen MR) is 109 cm³/mol. The van der Waals surface area contributed by atoms with Crippen LogP contribution in [-0.2, 0) is 23.0 Å². The predicted octanol–water partition coefficient (Wildman–Crippen LogP) is 1.26. The molecule has 2 aromatic rings. The van der Waals surface area contributed by atoms with Crippen molar-refractivity contribution < 1.29 is 17.9 Å². The van der Waals surface area contributed by atoms with Gasteiger partial charge in [-0.15, -0.1) is 0 Å². The first kappa shape index (κ1) is 21.5. The Bertz CT molecular complexity index is 912. The van der Waals surface area contributed by atoms with Gasteiger partial charge in [-0.2, -0.15) is 0 Å². The molecule has 0 saturated heterocycles. The topological polar surface area (TPSA) is 115 Å². The zero-order valence-electron chi connectivity index (χ0n) is 16.2. The van der Waals surface area contributed by atoms with E-state index in [1.54, 1.807) is 33.4 Å². The van der Waals surface area contributed by atoms with Crippen LogP contribution in [0.5, 0.6) is 11.5 Å². The van der Waals surface area contributed by atoms with Crippen LogP contribution in [0.15, 0.2) is 52.4 Å². The van der Waals surface area contributed by atoms with Gasteiger partial charge in [0.05, 0.1) is 19.1 Å². The van der Waals surface area contributed by atoms with Crippen molar-refractivity contribution >= 4 is 16.0 Å². The fourth-order valence-corrected chi connectivity index (χ4v) is 3.08. The molecule has 4 N–H and O–H groups in total. The molecule has 0 spiro atoms. The lowest BCUT2D eigenvalue weighted by Crippen LogP contribution is -2.37. The third kappa shape index (κ3) is 6.14. The van der Waals surface area contributed by atoms with Crippen molar-refractivity contribution in [1.82, 2.24) is 10.6 Å². The fraction of sp³-hybridized carbons (Fsp3) is 0.316. The molecule has 8 nitrogen and oxygen atoms in total. The molecule has 9 heteroatoms. The van der Waals surface area contributed by atoms with E-state index in [-0.39, 0.29) is 4.90 Å². The highest BCUT2D eigenvalue weighted by Gasteiger charge is 2.07. The molecule has 0 fully saturated rings. The maximum Gasteiger partial charge on any atom is 0.238 e. The Hall–Kier alpha value is -2.78. The van der Waals surface area contributed by atoms with E-state index in [9.17, 15) is 8.42 Å². The maximum absolute atomic E-state index is 11.3. The summed E-state index contributed by atoms with van der Waals surface area (Å²) in [6, 6.07) is 12.2. The normalized spacial score (nSPS) is 11.8. The summed E-state index contributed by atoms with van der Waals surface area (Å²) in [5.74, 6) is 2.05. The van der Waals surface area contributed by atoms with Crippen LogP contribution in [-0.4, -0.2) is 42.2 Å². The summed E-state index contributed by atoms with van der Waals surface area (Å²) in [4.78, 5) is 4.28. The Morgan fingerprint density at radius 3 is 2.21 bits per heavy atom. The highest BCUT2D eigenvalue weighted by Crippen LogP contribution is 2.27. The van der Waals surface area contributed by atoms with Crippen molar-refractivity contribution in [3.63, 3.8) is 0 Å². The summed E-state index contributed by atoms with van der Waals surface area (Å²) in [5.41, 5.74) is 2.02. The van der Waals surface area contributed by atoms with Crippen LogP contribution in [0.1, 0.15) is 11.1 Å². The fourth-order valence-electron chi connectivity index (χ4n) is 2.56. The van der Waals surface area contributed by atoms with Crippen LogP contribution < -0.4 is 25.2 Å². The molecule has 0 bridgehead atoms. The maximum atomic E-state index is 11.3. The number of aliphatic imine (C=N–C) groups is 1. The quantitative estimate of drug-likeness (QED) is 0.449. The molecule has 0 heterocycles. The summed E-state index contributed by atoms with van der Waals surface area (Å²) in [6.07, 6.45) is 0.782. The number of hydrogen-bond acceptors (Lipinski definition) is 5. The lowest BCUT2D eigenvalue weighted by molar-refractivity contribution is 0.354. The number of rotatable bonds is 8. The van der Waals surface area contributed by atoms with Crippen LogP contribution in [0.4, 0.5) is 0 Å². The minimum Gasteiger partial charge on any atom is -0.493 e. The van der Waals surface area contributed by atoms with Gasteiger partial charge in [0, 0.05) is 20.1 Å². The number of methoxy groups -OCH3 is 2. The SMILES string of the molecule is CN=C(NCCc1ccc(OC)c(OC)c1)NCc1ccc(S(N)(=O)=O)cc1. The molecular weight excluding hydrogens is 380 g/mol. The van der Waals surface area contributed by atoms with E-state index in [4.69, 9.17) is 14.6 Å². The highest BCUT2D eigenvalue weighted by molar-refractivity contribution is 7.89. The molecule has 0 unspecified atom stereocenters. The average molecular weight is 407 g/mol. The van der Waals surface area contributed by atoms with Crippen molar-refractivity contribution in [2.75, 3.05) is 27.8 Å². The van der Waals surface area contributed by atoms with Gasteiger partial charge in [0.15, 0.2) is 17.5 Å². The molecule has 0 aliphatic carbocycles. The standard InChI is InChI=1S/C19H26N4O4S/c1-21-19(23-13-15-4-7-16(8-5-15)28(20,24)25)22-11-10-14-6-9-17(26-2)18(12-14)27-3/h4-9,12H,10-11,13H2,1-3H3,(H2,20,24,25)(H2,21,22,23). The van der Waals surface area contributed by atoms with Gasteiger partial charge in [0.1, 0.15) is 0 Å². The Labute approximate surface area is 165 Å². The van der Waals surface area contributed by atoms with Gasteiger partial charge in [-0.25, -0.2) is 13.6 Å². The third-order valence-electron chi connectivity index (χ3n) is 4.09. The number of guanidine groups is 1. The first-order valence-corrected chi connectivity index (χ1v) is 10.2. The van der Waals surface area contributed by atoms with E-state index in [2.05, 4.69) is 15.6 Å². The Balaban J connectivity index is 1.85. The van der Waals surface area contributed by atoms with Crippen LogP contribution >= 0.6 is 0 Å². The summed E-state index contributed by atoms with van der Waals surface area (Å²) >= 11 is 0. The van der Waals surface area contributed by atoms with E-state index in [1.165, 1.54) is 12.1 Å². The molecule has 0 aliphatic rings. The smallest absolute Gasteiger partial charge is 0.238 e. The molecule has 2 rings (SSSR count). The Morgan fingerprint density at radius 2 is 1.64 bits per heavy atom. The van der Waals surface area contributed by atoms with E-state index in [0.717, 1.165) is 17.5 Å². The lowest BCUT2D eigenvalue weighted by atomic mass is 10.1. The molecular formula is C19H26N4O4S. The first-order valence-electron chi connectivity index (χ1n) is 8.64. The van der Waals surface area contributed by atoms with Crippen molar-refractivity contribution in [2.24, 2.45) is 10.1 Å². The van der Waals surface area contributed by atoms with Crippen LogP contribution in [0.2, 0.25) is 0 Å². The van der Waals surface area contributed by atoms with E-state index < -0.39 is 10.0 Å². The van der Waals surface area contributed by atoms with Gasteiger partial charge >= 0.3 is 0 Å². The van der Waals surface area contributed by atoms with Crippen molar-refractivity contribution in [1.29, 1.82) is 0 Å². The minimum atomic E-state index is -3.68. The van der Waals surface area contributed by atoms with Gasteiger partial charge in [-0.05, 0) is 41.8 Å². The number of hydrogen-bond donors (Lipinski definition) is 3. The number of nitrogens with one attached hydrogen (secondary N) is 2. The van der Waals surface area contributed by atoms with Gasteiger partial charge in [0.25, 0.3) is 0 Å². The highest BCUT2D eigenvalue weighted by atomic mass is 32.2. The van der Waals surface area contributed by atoms with E-state index in [1.807, 2.05) is 18.2 Å². The average Bonchev–Trinajstić information content (AvgIpc) is 2.70. The molecule has 0 aliphatic heterocycles. The largest absolute Gasteiger partial charge is 0.493 e. The number of primary sulfonamides is 1. The van der Waals surface area contributed by atoms with Gasteiger partial charge in [-0.3, -0.25) is 4.99 Å².